The SMILES string of the molecule is NCCCCP.NCCCCS.NCCCP.NCCCS.NCCP.NCCS.PCCCCS.PCCCS.PCCS. The van der Waals surface area contributed by atoms with Gasteiger partial charge in [-0.15, -0.1) is 55.4 Å². The van der Waals surface area contributed by atoms with E-state index in [-0.39, 0.29) is 0 Å². The predicted molar refractivity (Wildman–Crippen MR) is 266 cm³/mol. The van der Waals surface area contributed by atoms with E-state index in [1.165, 1.54) is 50.6 Å². The molecule has 288 valence electrons. The minimum absolute atomic E-state index is 0.684. The molecule has 0 bridgehead atoms. The topological polar surface area (TPSA) is 156 Å². The molecule has 0 aliphatic heterocycles. The Morgan fingerprint density at radius 1 is 0.244 bits per heavy atom. The normalized spacial score (nSPS) is 8.40. The summed E-state index contributed by atoms with van der Waals surface area (Å²) in [4.78, 5) is 0. The highest BCUT2D eigenvalue weighted by molar-refractivity contribution is 7.81. The smallest absolute Gasteiger partial charge is 0.00255 e. The van der Waals surface area contributed by atoms with Crippen LogP contribution >= 0.6 is 131 Å². The van der Waals surface area contributed by atoms with Gasteiger partial charge in [-0.3, -0.25) is 0 Å². The van der Waals surface area contributed by atoms with E-state index < -0.39 is 0 Å². The van der Waals surface area contributed by atoms with E-state index in [1.54, 1.807) is 0 Å². The lowest BCUT2D eigenvalue weighted by molar-refractivity contribution is 0.815. The minimum Gasteiger partial charge on any atom is -0.330 e. The van der Waals surface area contributed by atoms with Crippen molar-refractivity contribution >= 4 is 131 Å². The second kappa shape index (κ2) is 110. The summed E-state index contributed by atoms with van der Waals surface area (Å²) < 4.78 is 0. The third-order valence-corrected chi connectivity index (χ3v) is 7.96. The first kappa shape index (κ1) is 70.9. The van der Waals surface area contributed by atoms with Crippen molar-refractivity contribution in [3.63, 3.8) is 0 Å². The highest BCUT2D eigenvalue weighted by Gasteiger charge is 1.77. The Morgan fingerprint density at radius 3 is 0.578 bits per heavy atom. The van der Waals surface area contributed by atoms with Gasteiger partial charge in [0.2, 0.25) is 0 Å². The molecular formula is C27H84N6P6S6. The van der Waals surface area contributed by atoms with Gasteiger partial charge < -0.3 is 34.4 Å². The first-order chi connectivity index (χ1) is 21.7. The second-order valence-corrected chi connectivity index (χ2v) is 14.1. The molecule has 0 aromatic rings. The molecule has 0 aromatic carbocycles. The Morgan fingerprint density at radius 2 is 0.511 bits per heavy atom. The molecule has 12 N–H and O–H groups in total. The van der Waals surface area contributed by atoms with Gasteiger partial charge in [-0.25, -0.2) is 0 Å². The molecule has 0 fully saturated rings. The van der Waals surface area contributed by atoms with Gasteiger partial charge in [-0.2, -0.15) is 75.8 Å². The van der Waals surface area contributed by atoms with E-state index in [9.17, 15) is 0 Å². The number of hydrogen-bond acceptors (Lipinski definition) is 12. The van der Waals surface area contributed by atoms with Crippen molar-refractivity contribution in [2.45, 2.75) is 57.8 Å². The van der Waals surface area contributed by atoms with E-state index in [2.05, 4.69) is 131 Å². The molecule has 0 saturated carbocycles. The van der Waals surface area contributed by atoms with Crippen molar-refractivity contribution in [3.05, 3.63) is 0 Å². The number of rotatable bonds is 18. The Balaban J connectivity index is -0.0000000465. The van der Waals surface area contributed by atoms with Gasteiger partial charge in [0.1, 0.15) is 0 Å². The van der Waals surface area contributed by atoms with Gasteiger partial charge in [0.05, 0.1) is 0 Å². The van der Waals surface area contributed by atoms with Crippen LogP contribution < -0.4 is 34.4 Å². The predicted octanol–water partition coefficient (Wildman–Crippen LogP) is 4.97. The lowest BCUT2D eigenvalue weighted by Crippen LogP contribution is -1.97. The Hall–Kier alpha value is 4.44. The first-order valence-corrected chi connectivity index (χ1v) is 24.5. The summed E-state index contributed by atoms with van der Waals surface area (Å²) in [5, 5.41) is 0. The van der Waals surface area contributed by atoms with Crippen LogP contribution in [0.2, 0.25) is 0 Å². The van der Waals surface area contributed by atoms with Crippen molar-refractivity contribution in [1.82, 2.24) is 0 Å². The van der Waals surface area contributed by atoms with Crippen molar-refractivity contribution in [2.24, 2.45) is 34.4 Å². The molecule has 0 amide bonds. The highest BCUT2D eigenvalue weighted by atomic mass is 32.1. The van der Waals surface area contributed by atoms with Crippen LogP contribution in [0, 0.1) is 0 Å². The summed E-state index contributed by atoms with van der Waals surface area (Å²) in [5.41, 5.74) is 30.6. The van der Waals surface area contributed by atoms with Crippen LogP contribution in [0.15, 0.2) is 0 Å². The Labute approximate surface area is 331 Å². The van der Waals surface area contributed by atoms with Gasteiger partial charge >= 0.3 is 0 Å². The molecule has 45 heavy (non-hydrogen) atoms. The number of thiol groups is 6. The number of hydrogen-bond donors (Lipinski definition) is 12. The molecular weight excluding hydrogens is 787 g/mol. The van der Waals surface area contributed by atoms with E-state index in [4.69, 9.17) is 34.4 Å². The molecule has 6 nitrogen and oxygen atoms in total. The van der Waals surface area contributed by atoms with Crippen LogP contribution in [0.5, 0.6) is 0 Å². The molecule has 0 aromatic heterocycles. The Bertz CT molecular complexity index is 262. The zero-order valence-electron chi connectivity index (χ0n) is 28.7. The van der Waals surface area contributed by atoms with E-state index >= 15 is 0 Å². The molecule has 18 heteroatoms. The maximum atomic E-state index is 5.21. The van der Waals surface area contributed by atoms with E-state index in [1.807, 2.05) is 0 Å². The third-order valence-electron chi connectivity index (χ3n) is 3.44. The highest BCUT2D eigenvalue weighted by Crippen LogP contribution is 1.94. The summed E-state index contributed by atoms with van der Waals surface area (Å²) in [6, 6.07) is 0. The monoisotopic (exact) mass is 870 g/mol. The summed E-state index contributed by atoms with van der Waals surface area (Å²) >= 11 is 23.6. The van der Waals surface area contributed by atoms with Crippen molar-refractivity contribution in [1.29, 1.82) is 0 Å². The quantitative estimate of drug-likeness (QED) is 0.0531. The molecule has 6 atom stereocenters. The van der Waals surface area contributed by atoms with Gasteiger partial charge in [-0.1, -0.05) is 0 Å². The third kappa shape index (κ3) is 207. The zero-order chi connectivity index (χ0) is 37.1. The van der Waals surface area contributed by atoms with Gasteiger partial charge in [0, 0.05) is 12.3 Å². The van der Waals surface area contributed by atoms with Crippen molar-refractivity contribution in [3.8, 4) is 0 Å². The van der Waals surface area contributed by atoms with Gasteiger partial charge in [-0.05, 0) is 156 Å². The van der Waals surface area contributed by atoms with Crippen LogP contribution in [0.1, 0.15) is 57.8 Å². The van der Waals surface area contributed by atoms with Crippen LogP contribution in [0.25, 0.3) is 0 Å². The van der Waals surface area contributed by atoms with Gasteiger partial charge in [0.15, 0.2) is 0 Å². The lowest BCUT2D eigenvalue weighted by Gasteiger charge is -1.86. The fourth-order valence-corrected chi connectivity index (χ4v) is 3.27. The maximum Gasteiger partial charge on any atom is 0.00255 e. The zero-order valence-corrected chi connectivity index (χ0v) is 41.0. The maximum absolute atomic E-state index is 5.21. The van der Waals surface area contributed by atoms with Crippen molar-refractivity contribution in [2.75, 3.05) is 111 Å². The largest absolute Gasteiger partial charge is 0.330 e. The summed E-state index contributed by atoms with van der Waals surface area (Å²) in [5.74, 6) is 5.70. The molecule has 0 aliphatic rings. The van der Waals surface area contributed by atoms with E-state index in [0.29, 0.717) is 6.54 Å². The van der Waals surface area contributed by atoms with Crippen molar-refractivity contribution < 1.29 is 0 Å². The summed E-state index contributed by atoms with van der Waals surface area (Å²) in [6.45, 7) is 4.70. The van der Waals surface area contributed by atoms with Crippen LogP contribution in [0.3, 0.4) is 0 Å². The summed E-state index contributed by atoms with van der Waals surface area (Å²) in [6.07, 6.45) is 17.5. The molecule has 0 aliphatic carbocycles. The second-order valence-electron chi connectivity index (χ2n) is 7.99. The Kier molecular flexibility index (Phi) is 174. The van der Waals surface area contributed by atoms with E-state index in [0.717, 1.165) is 111 Å². The molecule has 0 radical (unpaired) electrons. The standard InChI is InChI=1S/C4H12NP.C4H11NS.C4H11PS.C3H10NP.C3H9NS.C3H9PS.C2H8NP.C2H7NS.C2H7PS/c3*5-3-1-2-4-6;3*4-2-1-3-5;3*3-1-2-4/h1-6H2;2*6H,1-5H2;1-5H2;2*5H,1-4H2;1-4H2;2*4H,1-3H2. The molecule has 0 saturated heterocycles. The molecule has 0 rings (SSSR count). The van der Waals surface area contributed by atoms with Crippen LogP contribution in [-0.4, -0.2) is 111 Å². The molecule has 0 heterocycles. The summed E-state index contributed by atoms with van der Waals surface area (Å²) in [7, 11) is 15.7. The van der Waals surface area contributed by atoms with Gasteiger partial charge in [0.25, 0.3) is 0 Å². The average molecular weight is 871 g/mol. The lowest BCUT2D eigenvalue weighted by atomic mass is 10.3. The number of nitrogens with two attached hydrogens (primary N) is 6. The molecule has 0 spiro atoms. The van der Waals surface area contributed by atoms with Crippen LogP contribution in [0.4, 0.5) is 0 Å². The number of unbranched alkanes of at least 4 members (excludes halogenated alkanes) is 3. The minimum atomic E-state index is 0.684. The fraction of sp³-hybridized carbons (Fsp3) is 1.00. The average Bonchev–Trinajstić information content (AvgIpc) is 3.08. The molecule has 6 unspecified atom stereocenters. The first-order valence-electron chi connectivity index (χ1n) is 15.8. The van der Waals surface area contributed by atoms with Crippen LogP contribution in [-0.2, 0) is 0 Å². The fourth-order valence-electron chi connectivity index (χ4n) is 1.10.